The molecular formula is C13H18ClN3O2. The number of imidazole rings is 1. The van der Waals surface area contributed by atoms with Gasteiger partial charge in [0.05, 0.1) is 5.02 Å². The Labute approximate surface area is 117 Å². The second kappa shape index (κ2) is 6.02. The van der Waals surface area contributed by atoms with Gasteiger partial charge in [-0.2, -0.15) is 0 Å². The fourth-order valence-corrected chi connectivity index (χ4v) is 1.52. The van der Waals surface area contributed by atoms with Crippen molar-refractivity contribution in [3.63, 3.8) is 0 Å². The minimum absolute atomic E-state index is 0.395. The van der Waals surface area contributed by atoms with E-state index in [1.807, 2.05) is 13.8 Å². The lowest BCUT2D eigenvalue weighted by Gasteiger charge is -2.19. The number of carbonyl (C=O) groups excluding carboxylic acids is 1. The van der Waals surface area contributed by atoms with Gasteiger partial charge in [-0.15, -0.1) is 0 Å². The van der Waals surface area contributed by atoms with E-state index in [1.54, 1.807) is 26.8 Å². The van der Waals surface area contributed by atoms with Crippen LogP contribution in [0.25, 0.3) is 11.2 Å². The molecule has 0 aromatic carbocycles. The number of nitrogens with zero attached hydrogens (tertiary/aromatic N) is 3. The van der Waals surface area contributed by atoms with Gasteiger partial charge in [0.2, 0.25) is 0 Å². The first-order chi connectivity index (χ1) is 8.88. The summed E-state index contributed by atoms with van der Waals surface area (Å²) in [6.07, 6.45) is 2.36. The van der Waals surface area contributed by atoms with E-state index in [0.717, 1.165) is 0 Å². The average Bonchev–Trinajstić information content (AvgIpc) is 2.75. The number of hydrogen-bond donors (Lipinski definition) is 0. The molecule has 0 saturated carbocycles. The zero-order chi connectivity index (χ0) is 14.6. The van der Waals surface area contributed by atoms with Gasteiger partial charge in [-0.3, -0.25) is 0 Å². The van der Waals surface area contributed by atoms with E-state index in [9.17, 15) is 4.79 Å². The van der Waals surface area contributed by atoms with Gasteiger partial charge in [-0.25, -0.2) is 19.3 Å². The van der Waals surface area contributed by atoms with Crippen LogP contribution in [0.1, 0.15) is 34.6 Å². The molecule has 104 valence electrons. The number of ether oxygens (including phenoxy) is 1. The first-order valence-electron chi connectivity index (χ1n) is 6.09. The zero-order valence-corrected chi connectivity index (χ0v) is 12.5. The van der Waals surface area contributed by atoms with Crippen LogP contribution in [0.2, 0.25) is 5.02 Å². The molecule has 0 saturated heterocycles. The Balaban J connectivity index is 0.000000861. The smallest absolute Gasteiger partial charge is 0.421 e. The average molecular weight is 284 g/mol. The van der Waals surface area contributed by atoms with E-state index in [1.165, 1.54) is 17.1 Å². The highest BCUT2D eigenvalue weighted by Gasteiger charge is 2.20. The molecule has 0 amide bonds. The number of rotatable bonds is 0. The molecule has 19 heavy (non-hydrogen) atoms. The normalized spacial score (nSPS) is 10.8. The van der Waals surface area contributed by atoms with Gasteiger partial charge in [-0.1, -0.05) is 25.4 Å². The van der Waals surface area contributed by atoms with Crippen LogP contribution in [0.4, 0.5) is 4.79 Å². The standard InChI is InChI=1S/C11H12ClN3O2.C2H6/c1-11(2,3)17-10(16)15-6-14-8-7(12)4-5-13-9(8)15;1-2/h4-6H,1-3H3;1-2H3. The van der Waals surface area contributed by atoms with Crippen LogP contribution < -0.4 is 0 Å². The Hall–Kier alpha value is -1.62. The Morgan fingerprint density at radius 2 is 1.95 bits per heavy atom. The van der Waals surface area contributed by atoms with Crippen molar-refractivity contribution >= 4 is 28.9 Å². The summed E-state index contributed by atoms with van der Waals surface area (Å²) in [6.45, 7) is 9.39. The second-order valence-corrected chi connectivity index (χ2v) is 4.97. The number of hydrogen-bond acceptors (Lipinski definition) is 4. The van der Waals surface area contributed by atoms with Gasteiger partial charge in [-0.05, 0) is 26.8 Å². The molecule has 2 aromatic heterocycles. The first-order valence-corrected chi connectivity index (χ1v) is 6.47. The lowest BCUT2D eigenvalue weighted by molar-refractivity contribution is 0.0543. The predicted molar refractivity (Wildman–Crippen MR) is 75.5 cm³/mol. The maximum absolute atomic E-state index is 11.9. The number of pyridine rings is 1. The summed E-state index contributed by atoms with van der Waals surface area (Å²) in [6, 6.07) is 1.62. The number of halogens is 1. The largest absolute Gasteiger partial charge is 0.443 e. The summed E-state index contributed by atoms with van der Waals surface area (Å²) in [5.74, 6) is 0. The molecule has 0 radical (unpaired) electrons. The summed E-state index contributed by atoms with van der Waals surface area (Å²) < 4.78 is 6.47. The number of fused-ring (bicyclic) bond motifs is 1. The van der Waals surface area contributed by atoms with Crippen molar-refractivity contribution in [3.8, 4) is 0 Å². The highest BCUT2D eigenvalue weighted by Crippen LogP contribution is 2.20. The summed E-state index contributed by atoms with van der Waals surface area (Å²) in [5, 5.41) is 0.456. The minimum atomic E-state index is -0.563. The maximum atomic E-state index is 11.9. The first kappa shape index (κ1) is 15.4. The van der Waals surface area contributed by atoms with E-state index in [4.69, 9.17) is 16.3 Å². The summed E-state index contributed by atoms with van der Waals surface area (Å²) in [7, 11) is 0. The zero-order valence-electron chi connectivity index (χ0n) is 11.8. The van der Waals surface area contributed by atoms with Gasteiger partial charge >= 0.3 is 6.09 Å². The minimum Gasteiger partial charge on any atom is -0.443 e. The molecule has 0 N–H and O–H groups in total. The SMILES string of the molecule is CC.CC(C)(C)OC(=O)n1cnc2c(Cl)ccnc21. The van der Waals surface area contributed by atoms with Crippen LogP contribution in [0.3, 0.4) is 0 Å². The Morgan fingerprint density at radius 3 is 2.53 bits per heavy atom. The van der Waals surface area contributed by atoms with Crippen molar-refractivity contribution in [2.75, 3.05) is 0 Å². The van der Waals surface area contributed by atoms with Crippen molar-refractivity contribution in [2.24, 2.45) is 0 Å². The molecule has 0 aliphatic carbocycles. The molecular weight excluding hydrogens is 266 g/mol. The van der Waals surface area contributed by atoms with Crippen LogP contribution in [0.15, 0.2) is 18.6 Å². The Morgan fingerprint density at radius 1 is 1.32 bits per heavy atom. The topological polar surface area (TPSA) is 57.0 Å². The second-order valence-electron chi connectivity index (χ2n) is 4.56. The molecule has 0 aliphatic heterocycles. The van der Waals surface area contributed by atoms with E-state index in [-0.39, 0.29) is 0 Å². The molecule has 6 heteroatoms. The Kier molecular flexibility index (Phi) is 4.89. The molecule has 2 rings (SSSR count). The Bertz CT molecular complexity index is 573. The molecule has 0 atom stereocenters. The summed E-state index contributed by atoms with van der Waals surface area (Å²) in [4.78, 5) is 20.0. The van der Waals surface area contributed by atoms with Crippen LogP contribution in [-0.4, -0.2) is 26.2 Å². The molecule has 5 nitrogen and oxygen atoms in total. The van der Waals surface area contributed by atoms with Crippen molar-refractivity contribution in [1.82, 2.24) is 14.5 Å². The summed E-state index contributed by atoms with van der Waals surface area (Å²) >= 11 is 5.94. The van der Waals surface area contributed by atoms with Crippen LogP contribution in [-0.2, 0) is 4.74 Å². The van der Waals surface area contributed by atoms with Gasteiger partial charge in [0.1, 0.15) is 17.4 Å². The lowest BCUT2D eigenvalue weighted by atomic mass is 10.2. The van der Waals surface area contributed by atoms with Gasteiger partial charge < -0.3 is 4.74 Å². The number of carbonyl (C=O) groups is 1. The molecule has 2 aromatic rings. The third kappa shape index (κ3) is 3.67. The lowest BCUT2D eigenvalue weighted by Crippen LogP contribution is -2.26. The fraction of sp³-hybridized carbons (Fsp3) is 0.462. The summed E-state index contributed by atoms with van der Waals surface area (Å²) in [5.41, 5.74) is 0.318. The van der Waals surface area contributed by atoms with Gasteiger partial charge in [0.25, 0.3) is 0 Å². The quantitative estimate of drug-likeness (QED) is 0.736. The highest BCUT2D eigenvalue weighted by molar-refractivity contribution is 6.34. The maximum Gasteiger partial charge on any atom is 0.421 e. The van der Waals surface area contributed by atoms with E-state index >= 15 is 0 Å². The van der Waals surface area contributed by atoms with Crippen molar-refractivity contribution < 1.29 is 9.53 Å². The van der Waals surface area contributed by atoms with Crippen molar-refractivity contribution in [3.05, 3.63) is 23.6 Å². The molecule has 0 aliphatic rings. The fourth-order valence-electron chi connectivity index (χ4n) is 1.33. The molecule has 0 unspecified atom stereocenters. The van der Waals surface area contributed by atoms with Crippen LogP contribution in [0.5, 0.6) is 0 Å². The van der Waals surface area contributed by atoms with E-state index in [2.05, 4.69) is 9.97 Å². The van der Waals surface area contributed by atoms with Crippen LogP contribution in [0, 0.1) is 0 Å². The number of aromatic nitrogens is 3. The highest BCUT2D eigenvalue weighted by atomic mass is 35.5. The van der Waals surface area contributed by atoms with Crippen molar-refractivity contribution in [2.45, 2.75) is 40.2 Å². The molecule has 0 bridgehead atoms. The monoisotopic (exact) mass is 283 g/mol. The third-order valence-electron chi connectivity index (χ3n) is 1.98. The predicted octanol–water partition coefficient (Wildman–Crippen LogP) is 3.89. The van der Waals surface area contributed by atoms with Gasteiger partial charge in [0.15, 0.2) is 5.65 Å². The van der Waals surface area contributed by atoms with E-state index < -0.39 is 11.7 Å². The molecule has 2 heterocycles. The van der Waals surface area contributed by atoms with Gasteiger partial charge in [0, 0.05) is 6.20 Å². The third-order valence-corrected chi connectivity index (χ3v) is 2.28. The van der Waals surface area contributed by atoms with Crippen LogP contribution >= 0.6 is 11.6 Å². The molecule has 0 spiro atoms. The molecule has 0 fully saturated rings. The van der Waals surface area contributed by atoms with E-state index in [0.29, 0.717) is 16.2 Å². The van der Waals surface area contributed by atoms with Crippen molar-refractivity contribution in [1.29, 1.82) is 0 Å².